The summed E-state index contributed by atoms with van der Waals surface area (Å²) in [5.74, 6) is -1.48. The molecule has 11 heteroatoms. The lowest BCUT2D eigenvalue weighted by Crippen LogP contribution is -2.20. The van der Waals surface area contributed by atoms with Crippen molar-refractivity contribution in [3.05, 3.63) is 93.8 Å². The Labute approximate surface area is 223 Å². The quantitative estimate of drug-likeness (QED) is 0.103. The minimum Gasteiger partial charge on any atom is -0.366 e. The Kier molecular flexibility index (Phi) is 11.6. The summed E-state index contributed by atoms with van der Waals surface area (Å²) in [7, 11) is 0. The van der Waals surface area contributed by atoms with Gasteiger partial charge in [0.05, 0.1) is 22.4 Å². The lowest BCUT2D eigenvalue weighted by atomic mass is 9.95. The Morgan fingerprint density at radius 1 is 1.11 bits per heavy atom. The van der Waals surface area contributed by atoms with Crippen LogP contribution in [0.5, 0.6) is 0 Å². The maximum Gasteiger partial charge on any atom is 0.416 e. The van der Waals surface area contributed by atoms with Gasteiger partial charge in [0.2, 0.25) is 0 Å². The van der Waals surface area contributed by atoms with Gasteiger partial charge < -0.3 is 5.73 Å². The van der Waals surface area contributed by atoms with Crippen molar-refractivity contribution in [1.82, 2.24) is 5.01 Å². The molecule has 0 heterocycles. The molecule has 38 heavy (non-hydrogen) atoms. The normalized spacial score (nSPS) is 14.7. The van der Waals surface area contributed by atoms with E-state index < -0.39 is 35.3 Å². The Balaban J connectivity index is 3.76. The summed E-state index contributed by atoms with van der Waals surface area (Å²) in [6, 6.07) is 1.24. The first-order valence-electron chi connectivity index (χ1n) is 11.5. The second-order valence-corrected chi connectivity index (χ2v) is 8.87. The van der Waals surface area contributed by atoms with Crippen molar-refractivity contribution >= 4 is 23.2 Å². The standard InChI is InChI=1S/C27H30ClF6N3O/c1-7-17(6)23(28)11-10-18(8-2)22(25(35)38)15-37(9-3)36-24(16(4)5)19-12-20(26(29,30)31)14-21(13-19)27(32,33)34/h8-16H,3,7H2,1-2,4-6H3,(H2,35,38)/b11-10-,18-8+,22-15-,23-17-,36-24+. The smallest absolute Gasteiger partial charge is 0.366 e. The van der Waals surface area contributed by atoms with Crippen LogP contribution >= 0.6 is 11.6 Å². The summed E-state index contributed by atoms with van der Waals surface area (Å²) in [5, 5.41) is 5.68. The van der Waals surface area contributed by atoms with Gasteiger partial charge in [0.25, 0.3) is 5.91 Å². The van der Waals surface area contributed by atoms with Crippen LogP contribution in [-0.2, 0) is 17.1 Å². The van der Waals surface area contributed by atoms with Gasteiger partial charge in [0.15, 0.2) is 0 Å². The van der Waals surface area contributed by atoms with E-state index in [1.165, 1.54) is 6.20 Å². The third-order valence-electron chi connectivity index (χ3n) is 5.34. The van der Waals surface area contributed by atoms with Crippen molar-refractivity contribution in [3.63, 3.8) is 0 Å². The highest BCUT2D eigenvalue weighted by Gasteiger charge is 2.37. The van der Waals surface area contributed by atoms with Crippen LogP contribution in [0.4, 0.5) is 26.3 Å². The van der Waals surface area contributed by atoms with Crippen molar-refractivity contribution in [2.75, 3.05) is 0 Å². The molecule has 0 aliphatic rings. The molecule has 0 saturated carbocycles. The highest BCUT2D eigenvalue weighted by molar-refractivity contribution is 6.31. The first kappa shape index (κ1) is 32.8. The molecule has 2 N–H and O–H groups in total. The average Bonchev–Trinajstić information content (AvgIpc) is 2.82. The predicted octanol–water partition coefficient (Wildman–Crippen LogP) is 8.32. The molecule has 0 bridgehead atoms. The molecule has 0 atom stereocenters. The first-order valence-corrected chi connectivity index (χ1v) is 11.8. The number of alkyl halides is 6. The summed E-state index contributed by atoms with van der Waals surface area (Å²) in [6.45, 7) is 12.1. The molecule has 4 nitrogen and oxygen atoms in total. The topological polar surface area (TPSA) is 58.7 Å². The second-order valence-electron chi connectivity index (χ2n) is 8.46. The average molecular weight is 562 g/mol. The molecule has 0 fully saturated rings. The summed E-state index contributed by atoms with van der Waals surface area (Å²) in [4.78, 5) is 12.3. The molecule has 1 aromatic carbocycles. The molecular formula is C27H30ClF6N3O. The number of primary amides is 1. The fourth-order valence-electron chi connectivity index (χ4n) is 3.08. The minimum atomic E-state index is -5.02. The minimum absolute atomic E-state index is 0.0440. The van der Waals surface area contributed by atoms with Crippen molar-refractivity contribution in [1.29, 1.82) is 0 Å². The molecule has 1 rings (SSSR count). The van der Waals surface area contributed by atoms with Crippen molar-refractivity contribution in [2.45, 2.75) is 53.4 Å². The van der Waals surface area contributed by atoms with Crippen LogP contribution in [0.3, 0.4) is 0 Å². The van der Waals surface area contributed by atoms with Gasteiger partial charge in [-0.25, -0.2) is 5.01 Å². The van der Waals surface area contributed by atoms with E-state index in [1.54, 1.807) is 39.0 Å². The van der Waals surface area contributed by atoms with Gasteiger partial charge in [-0.1, -0.05) is 56.7 Å². The molecule has 1 amide bonds. The number of hydrazone groups is 1. The SMILES string of the molecule is C=CN(/C=C(C(N)=O)/C(/C=C\C(Cl)=C(/C)CC)=C/C)/N=C(/c1cc(C(F)(F)F)cc(C(F)(F)F)c1)C(C)C. The Bertz CT molecular complexity index is 1160. The number of rotatable bonds is 10. The lowest BCUT2D eigenvalue weighted by molar-refractivity contribution is -0.143. The third kappa shape index (κ3) is 9.24. The van der Waals surface area contributed by atoms with Gasteiger partial charge in [0, 0.05) is 17.4 Å². The highest BCUT2D eigenvalue weighted by Crippen LogP contribution is 2.37. The van der Waals surface area contributed by atoms with Gasteiger partial charge in [-0.2, -0.15) is 31.4 Å². The molecule has 0 saturated heterocycles. The number of benzene rings is 1. The van der Waals surface area contributed by atoms with Crippen LogP contribution in [0.25, 0.3) is 0 Å². The number of hydrogen-bond donors (Lipinski definition) is 1. The summed E-state index contributed by atoms with van der Waals surface area (Å²) >= 11 is 6.23. The molecule has 0 aliphatic carbocycles. The molecule has 1 aromatic rings. The Hall–Kier alpha value is -3.27. The van der Waals surface area contributed by atoms with Crippen molar-refractivity contribution < 1.29 is 31.1 Å². The van der Waals surface area contributed by atoms with E-state index >= 15 is 0 Å². The number of allylic oxidation sites excluding steroid dienone is 5. The van der Waals surface area contributed by atoms with Crippen molar-refractivity contribution in [2.24, 2.45) is 16.8 Å². The van der Waals surface area contributed by atoms with E-state index in [0.29, 0.717) is 29.2 Å². The van der Waals surface area contributed by atoms with Crippen LogP contribution in [0.1, 0.15) is 57.7 Å². The first-order chi connectivity index (χ1) is 17.5. The van der Waals surface area contributed by atoms with Gasteiger partial charge in [-0.05, 0) is 61.6 Å². The predicted molar refractivity (Wildman–Crippen MR) is 139 cm³/mol. The van der Waals surface area contributed by atoms with E-state index in [0.717, 1.165) is 16.8 Å². The van der Waals surface area contributed by atoms with E-state index in [-0.39, 0.29) is 22.9 Å². The van der Waals surface area contributed by atoms with Gasteiger partial charge in [0.1, 0.15) is 0 Å². The number of carbonyl (C=O) groups is 1. The Morgan fingerprint density at radius 3 is 2.00 bits per heavy atom. The largest absolute Gasteiger partial charge is 0.416 e. The number of amides is 1. The summed E-state index contributed by atoms with van der Waals surface area (Å²) in [5.41, 5.74) is 3.33. The van der Waals surface area contributed by atoms with Crippen LogP contribution < -0.4 is 5.73 Å². The summed E-state index contributed by atoms with van der Waals surface area (Å²) in [6.07, 6.45) is -2.31. The molecule has 0 radical (unpaired) electrons. The highest BCUT2D eigenvalue weighted by atomic mass is 35.5. The van der Waals surface area contributed by atoms with Crippen molar-refractivity contribution in [3.8, 4) is 0 Å². The monoisotopic (exact) mass is 561 g/mol. The molecule has 0 aromatic heterocycles. The van der Waals surface area contributed by atoms with Crippen LogP contribution in [-0.4, -0.2) is 16.6 Å². The van der Waals surface area contributed by atoms with Crippen LogP contribution in [0.15, 0.2) is 82.3 Å². The lowest BCUT2D eigenvalue weighted by Gasteiger charge is -2.19. The van der Waals surface area contributed by atoms with E-state index in [9.17, 15) is 31.1 Å². The molecule has 208 valence electrons. The van der Waals surface area contributed by atoms with Crippen LogP contribution in [0, 0.1) is 5.92 Å². The zero-order chi connectivity index (χ0) is 29.4. The van der Waals surface area contributed by atoms with E-state index in [1.807, 2.05) is 13.8 Å². The second kappa shape index (κ2) is 13.5. The maximum atomic E-state index is 13.4. The zero-order valence-electron chi connectivity index (χ0n) is 21.6. The summed E-state index contributed by atoms with van der Waals surface area (Å²) < 4.78 is 80.4. The number of nitrogens with two attached hydrogens (primary N) is 1. The van der Waals surface area contributed by atoms with Crippen LogP contribution in [0.2, 0.25) is 0 Å². The number of nitrogens with zero attached hydrogens (tertiary/aromatic N) is 2. The maximum absolute atomic E-state index is 13.4. The van der Waals surface area contributed by atoms with Gasteiger partial charge in [-0.3, -0.25) is 4.79 Å². The fraction of sp³-hybridized carbons (Fsp3) is 0.333. The molecule has 0 unspecified atom stereocenters. The Morgan fingerprint density at radius 2 is 1.63 bits per heavy atom. The van der Waals surface area contributed by atoms with E-state index in [4.69, 9.17) is 17.3 Å². The number of hydrogen-bond acceptors (Lipinski definition) is 3. The number of carbonyl (C=O) groups excluding carboxylic acids is 1. The number of halogens is 7. The molecule has 0 spiro atoms. The van der Waals surface area contributed by atoms with Gasteiger partial charge >= 0.3 is 12.4 Å². The zero-order valence-corrected chi connectivity index (χ0v) is 22.4. The molecule has 0 aliphatic heterocycles. The third-order valence-corrected chi connectivity index (χ3v) is 5.79. The van der Waals surface area contributed by atoms with Gasteiger partial charge in [-0.15, -0.1) is 0 Å². The molecular weight excluding hydrogens is 532 g/mol. The van der Waals surface area contributed by atoms with E-state index in [2.05, 4.69) is 11.7 Å². The fourth-order valence-corrected chi connectivity index (χ4v) is 3.28.